The van der Waals surface area contributed by atoms with E-state index in [1.165, 1.54) is 13.2 Å². The fraction of sp³-hybridized carbons (Fsp3) is 0.333. The maximum absolute atomic E-state index is 10.4. The third kappa shape index (κ3) is 3.01. The summed E-state index contributed by atoms with van der Waals surface area (Å²) in [4.78, 5) is 0. The SMILES string of the molecule is COc1cc(CCS(=O)O)ccc1O. The predicted octanol–water partition coefficient (Wildman–Crippen LogP) is 1.17. The third-order valence-electron chi connectivity index (χ3n) is 1.81. The summed E-state index contributed by atoms with van der Waals surface area (Å²) in [6.45, 7) is 0. The van der Waals surface area contributed by atoms with Gasteiger partial charge in [-0.15, -0.1) is 0 Å². The number of phenolic OH excluding ortho intramolecular Hbond substituents is 1. The summed E-state index contributed by atoms with van der Waals surface area (Å²) in [7, 11) is 1.46. The largest absolute Gasteiger partial charge is 0.504 e. The van der Waals surface area contributed by atoms with E-state index in [1.54, 1.807) is 12.1 Å². The Labute approximate surface area is 84.8 Å². The van der Waals surface area contributed by atoms with Crippen LogP contribution in [0.4, 0.5) is 0 Å². The highest BCUT2D eigenvalue weighted by Gasteiger charge is 2.03. The van der Waals surface area contributed by atoms with Crippen LogP contribution in [0.25, 0.3) is 0 Å². The van der Waals surface area contributed by atoms with Crippen molar-refractivity contribution < 1.29 is 18.6 Å². The van der Waals surface area contributed by atoms with Gasteiger partial charge in [-0.1, -0.05) is 6.07 Å². The van der Waals surface area contributed by atoms with Gasteiger partial charge in [0.05, 0.1) is 12.9 Å². The average Bonchev–Trinajstić information content (AvgIpc) is 2.16. The Bertz CT molecular complexity index is 338. The molecule has 0 spiro atoms. The number of aryl methyl sites for hydroxylation is 1. The first kappa shape index (κ1) is 11.0. The number of hydrogen-bond donors (Lipinski definition) is 2. The second-order valence-electron chi connectivity index (χ2n) is 2.78. The Morgan fingerprint density at radius 3 is 2.79 bits per heavy atom. The maximum atomic E-state index is 10.4. The van der Waals surface area contributed by atoms with Gasteiger partial charge in [0.25, 0.3) is 0 Å². The van der Waals surface area contributed by atoms with Crippen LogP contribution in [0.2, 0.25) is 0 Å². The molecule has 0 aromatic heterocycles. The molecule has 0 saturated heterocycles. The number of phenols is 1. The number of ether oxygens (including phenoxy) is 1. The first-order chi connectivity index (χ1) is 6.63. The second kappa shape index (κ2) is 4.97. The number of benzene rings is 1. The number of rotatable bonds is 4. The topological polar surface area (TPSA) is 66.8 Å². The monoisotopic (exact) mass is 216 g/mol. The van der Waals surface area contributed by atoms with Crippen molar-refractivity contribution in [3.63, 3.8) is 0 Å². The maximum Gasteiger partial charge on any atom is 0.160 e. The Hall–Kier alpha value is -1.07. The smallest absolute Gasteiger partial charge is 0.160 e. The highest BCUT2D eigenvalue weighted by Crippen LogP contribution is 2.26. The molecule has 1 unspecified atom stereocenters. The molecule has 14 heavy (non-hydrogen) atoms. The quantitative estimate of drug-likeness (QED) is 0.741. The van der Waals surface area contributed by atoms with Crippen molar-refractivity contribution in [2.45, 2.75) is 6.42 Å². The van der Waals surface area contributed by atoms with Gasteiger partial charge in [0.15, 0.2) is 22.6 Å². The molecule has 1 atom stereocenters. The Balaban J connectivity index is 2.74. The molecule has 0 bridgehead atoms. The van der Waals surface area contributed by atoms with Gasteiger partial charge in [0, 0.05) is 0 Å². The predicted molar refractivity (Wildman–Crippen MR) is 54.0 cm³/mol. The fourth-order valence-electron chi connectivity index (χ4n) is 1.08. The summed E-state index contributed by atoms with van der Waals surface area (Å²) in [6, 6.07) is 4.86. The van der Waals surface area contributed by atoms with Gasteiger partial charge in [0.1, 0.15) is 0 Å². The average molecular weight is 216 g/mol. The second-order valence-corrected chi connectivity index (χ2v) is 3.83. The van der Waals surface area contributed by atoms with E-state index in [2.05, 4.69) is 0 Å². The van der Waals surface area contributed by atoms with Crippen molar-refractivity contribution in [3.8, 4) is 11.5 Å². The minimum atomic E-state index is -1.78. The standard InChI is InChI=1S/C9H12O4S/c1-13-9-6-7(2-3-8(9)10)4-5-14(11)12/h2-3,6,10H,4-5H2,1H3,(H,11,12). The van der Waals surface area contributed by atoms with E-state index in [9.17, 15) is 9.32 Å². The van der Waals surface area contributed by atoms with E-state index in [0.29, 0.717) is 12.2 Å². The molecule has 0 radical (unpaired) electrons. The molecule has 1 aromatic carbocycles. The molecule has 2 N–H and O–H groups in total. The van der Waals surface area contributed by atoms with Crippen LogP contribution in [0.3, 0.4) is 0 Å². The molecule has 0 amide bonds. The van der Waals surface area contributed by atoms with Crippen molar-refractivity contribution in [2.24, 2.45) is 0 Å². The van der Waals surface area contributed by atoms with Gasteiger partial charge in [-0.05, 0) is 24.1 Å². The zero-order chi connectivity index (χ0) is 10.6. The molecule has 0 aliphatic heterocycles. The van der Waals surface area contributed by atoms with Gasteiger partial charge >= 0.3 is 0 Å². The van der Waals surface area contributed by atoms with E-state index >= 15 is 0 Å². The molecule has 0 fully saturated rings. The minimum absolute atomic E-state index is 0.0707. The van der Waals surface area contributed by atoms with Gasteiger partial charge in [-0.25, -0.2) is 4.21 Å². The molecule has 0 saturated carbocycles. The van der Waals surface area contributed by atoms with E-state index in [1.807, 2.05) is 0 Å². The van der Waals surface area contributed by atoms with Crippen molar-refractivity contribution in [1.82, 2.24) is 0 Å². The first-order valence-corrected chi connectivity index (χ1v) is 5.34. The van der Waals surface area contributed by atoms with Crippen LogP contribution in [-0.4, -0.2) is 26.7 Å². The lowest BCUT2D eigenvalue weighted by atomic mass is 10.1. The Morgan fingerprint density at radius 2 is 2.21 bits per heavy atom. The molecular formula is C9H12O4S. The number of aromatic hydroxyl groups is 1. The molecule has 4 nitrogen and oxygen atoms in total. The van der Waals surface area contributed by atoms with Gasteiger partial charge < -0.3 is 14.4 Å². The lowest BCUT2D eigenvalue weighted by molar-refractivity contribution is 0.373. The zero-order valence-corrected chi connectivity index (χ0v) is 8.58. The van der Waals surface area contributed by atoms with Gasteiger partial charge in [-0.2, -0.15) is 0 Å². The Kier molecular flexibility index (Phi) is 3.91. The van der Waals surface area contributed by atoms with Crippen molar-refractivity contribution in [1.29, 1.82) is 0 Å². The van der Waals surface area contributed by atoms with E-state index in [-0.39, 0.29) is 11.5 Å². The number of hydrogen-bond acceptors (Lipinski definition) is 3. The van der Waals surface area contributed by atoms with Crippen molar-refractivity contribution in [2.75, 3.05) is 12.9 Å². The van der Waals surface area contributed by atoms with Gasteiger partial charge in [-0.3, -0.25) is 0 Å². The van der Waals surface area contributed by atoms with Crippen LogP contribution < -0.4 is 4.74 Å². The molecule has 1 rings (SSSR count). The fourth-order valence-corrected chi connectivity index (χ4v) is 1.49. The normalized spacial score (nSPS) is 12.4. The molecule has 1 aromatic rings. The highest BCUT2D eigenvalue weighted by atomic mass is 32.2. The lowest BCUT2D eigenvalue weighted by Gasteiger charge is -2.05. The van der Waals surface area contributed by atoms with E-state index < -0.39 is 11.1 Å². The Morgan fingerprint density at radius 1 is 1.50 bits per heavy atom. The molecule has 0 heterocycles. The van der Waals surface area contributed by atoms with Crippen LogP contribution in [0.5, 0.6) is 11.5 Å². The lowest BCUT2D eigenvalue weighted by Crippen LogP contribution is -1.99. The summed E-state index contributed by atoms with van der Waals surface area (Å²) in [5, 5.41) is 9.28. The molecule has 5 heteroatoms. The summed E-state index contributed by atoms with van der Waals surface area (Å²) in [5.41, 5.74) is 0.863. The van der Waals surface area contributed by atoms with Crippen molar-refractivity contribution >= 4 is 11.1 Å². The highest BCUT2D eigenvalue weighted by molar-refractivity contribution is 7.79. The third-order valence-corrected chi connectivity index (χ3v) is 2.36. The van der Waals surface area contributed by atoms with Crippen LogP contribution >= 0.6 is 0 Å². The molecule has 78 valence electrons. The molecular weight excluding hydrogens is 204 g/mol. The number of methoxy groups -OCH3 is 1. The van der Waals surface area contributed by atoms with E-state index in [0.717, 1.165) is 5.56 Å². The minimum Gasteiger partial charge on any atom is -0.504 e. The summed E-state index contributed by atoms with van der Waals surface area (Å²) < 4.78 is 23.9. The van der Waals surface area contributed by atoms with E-state index in [4.69, 9.17) is 9.29 Å². The van der Waals surface area contributed by atoms with Crippen LogP contribution in [0, 0.1) is 0 Å². The summed E-state index contributed by atoms with van der Waals surface area (Å²) in [5.74, 6) is 0.640. The summed E-state index contributed by atoms with van der Waals surface area (Å²) >= 11 is -1.78. The van der Waals surface area contributed by atoms with Crippen molar-refractivity contribution in [3.05, 3.63) is 23.8 Å². The van der Waals surface area contributed by atoms with Crippen LogP contribution in [0.15, 0.2) is 18.2 Å². The van der Waals surface area contributed by atoms with Gasteiger partial charge in [0.2, 0.25) is 0 Å². The summed E-state index contributed by atoms with van der Waals surface area (Å²) in [6.07, 6.45) is 0.486. The molecule has 0 aliphatic rings. The first-order valence-electron chi connectivity index (χ1n) is 4.07. The van der Waals surface area contributed by atoms with Crippen LogP contribution in [0.1, 0.15) is 5.56 Å². The van der Waals surface area contributed by atoms with Crippen LogP contribution in [-0.2, 0) is 17.5 Å². The molecule has 0 aliphatic carbocycles. The zero-order valence-electron chi connectivity index (χ0n) is 7.77.